The molecule has 3 amide bonds. The Kier molecular flexibility index (Phi) is 18.6. The minimum atomic E-state index is -0.829. The molecule has 0 bridgehead atoms. The van der Waals surface area contributed by atoms with Gasteiger partial charge in [0.15, 0.2) is 6.10 Å². The number of para-hydroxylation sites is 1. The van der Waals surface area contributed by atoms with Crippen LogP contribution in [-0.2, 0) is 42.1 Å². The van der Waals surface area contributed by atoms with E-state index in [2.05, 4.69) is 45.4 Å². The second kappa shape index (κ2) is 23.1. The number of aromatic nitrogens is 2. The van der Waals surface area contributed by atoms with Crippen LogP contribution in [-0.4, -0.2) is 100 Å². The van der Waals surface area contributed by atoms with Crippen molar-refractivity contribution in [1.29, 1.82) is 0 Å². The fourth-order valence-electron chi connectivity index (χ4n) is 8.46. The Morgan fingerprint density at radius 2 is 1.77 bits per heavy atom. The predicted molar refractivity (Wildman–Crippen MR) is 236 cm³/mol. The van der Waals surface area contributed by atoms with Crippen molar-refractivity contribution in [3.63, 3.8) is 0 Å². The van der Waals surface area contributed by atoms with Crippen molar-refractivity contribution in [2.75, 3.05) is 27.2 Å². The first-order valence-corrected chi connectivity index (χ1v) is 22.8. The molecular weight excluding hydrogens is 781 g/mol. The van der Waals surface area contributed by atoms with Crippen molar-refractivity contribution >= 4 is 51.9 Å². The SMILES string of the molecule is CCCCN1CCCC[C@@H]1C(=O)N[C@H](C(=O)N(C)[C@H](C[C@@H](OC(C)=O)c1nc(C(=O)N[C@@H](CCc2cn(C)c3ccccc23)C[C@H](C)C(=O)OC)cs1)C(C)C)[C@@H](C)CC. The monoisotopic (exact) mass is 851 g/mol. The van der Waals surface area contributed by atoms with E-state index in [1.165, 1.54) is 25.4 Å². The summed E-state index contributed by atoms with van der Waals surface area (Å²) >= 11 is 1.22. The molecule has 0 radical (unpaired) electrons. The molecule has 14 heteroatoms. The average Bonchev–Trinajstić information content (AvgIpc) is 3.86. The molecule has 2 aromatic heterocycles. The van der Waals surface area contributed by atoms with Gasteiger partial charge in [0.1, 0.15) is 16.7 Å². The largest absolute Gasteiger partial charge is 0.469 e. The Morgan fingerprint density at radius 1 is 1.03 bits per heavy atom. The quantitative estimate of drug-likeness (QED) is 0.0999. The number of hydrogen-bond acceptors (Lipinski definition) is 10. The zero-order valence-electron chi connectivity index (χ0n) is 37.6. The van der Waals surface area contributed by atoms with Gasteiger partial charge in [0.05, 0.1) is 19.1 Å². The fourth-order valence-corrected chi connectivity index (χ4v) is 9.29. The van der Waals surface area contributed by atoms with Gasteiger partial charge in [0.25, 0.3) is 5.91 Å². The number of likely N-dealkylation sites (tertiary alicyclic amines) is 1. The topological polar surface area (TPSA) is 152 Å². The number of nitrogens with zero attached hydrogens (tertiary/aromatic N) is 4. The lowest BCUT2D eigenvalue weighted by atomic mass is 9.92. The van der Waals surface area contributed by atoms with Crippen molar-refractivity contribution in [1.82, 2.24) is 30.0 Å². The smallest absolute Gasteiger partial charge is 0.308 e. The van der Waals surface area contributed by atoms with Gasteiger partial charge >= 0.3 is 11.9 Å². The van der Waals surface area contributed by atoms with E-state index in [-0.39, 0.29) is 59.9 Å². The van der Waals surface area contributed by atoms with Gasteiger partial charge in [-0.2, -0.15) is 0 Å². The molecule has 1 fully saturated rings. The third kappa shape index (κ3) is 12.9. The summed E-state index contributed by atoms with van der Waals surface area (Å²) in [5.74, 6) is -2.14. The van der Waals surface area contributed by atoms with Crippen LogP contribution >= 0.6 is 11.3 Å². The zero-order valence-corrected chi connectivity index (χ0v) is 38.4. The van der Waals surface area contributed by atoms with Crippen molar-refractivity contribution < 1.29 is 33.4 Å². The molecule has 1 saturated heterocycles. The number of methoxy groups -OCH3 is 1. The maximum Gasteiger partial charge on any atom is 0.308 e. The molecule has 3 heterocycles. The van der Waals surface area contributed by atoms with Gasteiger partial charge in [-0.3, -0.25) is 28.9 Å². The first-order valence-electron chi connectivity index (χ1n) is 21.9. The van der Waals surface area contributed by atoms with Crippen molar-refractivity contribution in [2.24, 2.45) is 24.8 Å². The van der Waals surface area contributed by atoms with Crippen LogP contribution < -0.4 is 10.6 Å². The summed E-state index contributed by atoms with van der Waals surface area (Å²) in [7, 11) is 5.12. The highest BCUT2D eigenvalue weighted by Gasteiger charge is 2.38. The van der Waals surface area contributed by atoms with E-state index >= 15 is 0 Å². The third-order valence-electron chi connectivity index (χ3n) is 12.2. The highest BCUT2D eigenvalue weighted by Crippen LogP contribution is 2.32. The number of carbonyl (C=O) groups is 5. The standard InChI is InChI=1S/C46H70N6O7S/c1-11-13-23-52-24-17-16-20-38(52)43(55)49-41(30(5)12-2)45(56)51(9)39(29(3)4)26-40(59-32(7)53)44-48-36(28-60-44)42(54)47-34(25-31(6)46(57)58-10)22-21-33-27-50(8)37-19-15-14-18-35(33)37/h14-15,18-19,27-31,34,38-41H,11-13,16-17,20-26H2,1-10H3,(H,47,54)(H,49,55)/t30-,31-,34-,38+,39+,40+,41-/m0/s1. The Bertz CT molecular complexity index is 1890. The molecule has 1 aliphatic heterocycles. The molecule has 2 N–H and O–H groups in total. The molecule has 332 valence electrons. The zero-order chi connectivity index (χ0) is 44.1. The van der Waals surface area contributed by atoms with Gasteiger partial charge in [-0.1, -0.05) is 79.0 Å². The number of ether oxygens (including phenoxy) is 2. The lowest BCUT2D eigenvalue weighted by Crippen LogP contribution is -2.58. The number of unbranched alkanes of at least 4 members (excludes halogenated alkanes) is 1. The summed E-state index contributed by atoms with van der Waals surface area (Å²) in [5.41, 5.74) is 2.45. The minimum Gasteiger partial charge on any atom is -0.469 e. The van der Waals surface area contributed by atoms with Crippen LogP contribution in [0.15, 0.2) is 35.8 Å². The Hall–Kier alpha value is -4.30. The van der Waals surface area contributed by atoms with E-state index in [4.69, 9.17) is 14.5 Å². The maximum absolute atomic E-state index is 14.4. The first-order chi connectivity index (χ1) is 28.6. The number of fused-ring (bicyclic) bond motifs is 1. The summed E-state index contributed by atoms with van der Waals surface area (Å²) in [5, 5.41) is 9.53. The molecule has 3 aromatic rings. The number of piperidine rings is 1. The van der Waals surface area contributed by atoms with Gasteiger partial charge in [0.2, 0.25) is 11.8 Å². The number of rotatable bonds is 22. The summed E-state index contributed by atoms with van der Waals surface area (Å²) in [4.78, 5) is 75.8. The van der Waals surface area contributed by atoms with Crippen LogP contribution in [0.3, 0.4) is 0 Å². The van der Waals surface area contributed by atoms with E-state index in [0.717, 1.165) is 61.7 Å². The Morgan fingerprint density at radius 3 is 2.43 bits per heavy atom. The summed E-state index contributed by atoms with van der Waals surface area (Å²) in [6.45, 7) is 15.1. The van der Waals surface area contributed by atoms with Crippen molar-refractivity contribution in [3.05, 3.63) is 52.1 Å². The molecule has 4 rings (SSSR count). The normalized spacial score (nSPS) is 17.6. The number of thiazole rings is 1. The second-order valence-electron chi connectivity index (χ2n) is 17.1. The highest BCUT2D eigenvalue weighted by atomic mass is 32.1. The number of likely N-dealkylation sites (N-methyl/N-ethyl adjacent to an activating group) is 1. The number of nitrogens with one attached hydrogen (secondary N) is 2. The van der Waals surface area contributed by atoms with Crippen LogP contribution in [0.2, 0.25) is 0 Å². The van der Waals surface area contributed by atoms with Gasteiger partial charge in [0, 0.05) is 62.0 Å². The lowest BCUT2D eigenvalue weighted by Gasteiger charge is -2.39. The first kappa shape index (κ1) is 48.4. The number of amides is 3. The number of aryl methyl sites for hydroxylation is 2. The van der Waals surface area contributed by atoms with Crippen molar-refractivity contribution in [3.8, 4) is 0 Å². The van der Waals surface area contributed by atoms with Crippen LogP contribution in [0.25, 0.3) is 10.9 Å². The summed E-state index contributed by atoms with van der Waals surface area (Å²) in [6, 6.07) is 6.46. The molecule has 0 unspecified atom stereocenters. The van der Waals surface area contributed by atoms with E-state index < -0.39 is 29.9 Å². The maximum atomic E-state index is 14.4. The highest BCUT2D eigenvalue weighted by molar-refractivity contribution is 7.09. The van der Waals surface area contributed by atoms with E-state index in [1.54, 1.807) is 24.3 Å². The molecule has 1 aliphatic rings. The van der Waals surface area contributed by atoms with Gasteiger partial charge in [-0.25, -0.2) is 4.98 Å². The predicted octanol–water partition coefficient (Wildman–Crippen LogP) is 7.23. The molecule has 13 nitrogen and oxygen atoms in total. The molecule has 1 aromatic carbocycles. The number of hydrogen-bond donors (Lipinski definition) is 2. The van der Waals surface area contributed by atoms with Gasteiger partial charge < -0.3 is 29.6 Å². The average molecular weight is 851 g/mol. The minimum absolute atomic E-state index is 0.0461. The van der Waals surface area contributed by atoms with Crippen LogP contribution in [0.1, 0.15) is 133 Å². The third-order valence-corrected chi connectivity index (χ3v) is 13.2. The molecule has 7 atom stereocenters. The molecular formula is C46H70N6O7S. The second-order valence-corrected chi connectivity index (χ2v) is 18.0. The van der Waals surface area contributed by atoms with Crippen LogP contribution in [0, 0.1) is 17.8 Å². The van der Waals surface area contributed by atoms with Crippen molar-refractivity contribution in [2.45, 2.75) is 143 Å². The van der Waals surface area contributed by atoms with Crippen LogP contribution in [0.5, 0.6) is 0 Å². The lowest BCUT2D eigenvalue weighted by molar-refractivity contribution is -0.149. The Balaban J connectivity index is 1.52. The van der Waals surface area contributed by atoms with E-state index in [0.29, 0.717) is 30.7 Å². The summed E-state index contributed by atoms with van der Waals surface area (Å²) in [6.07, 6.45) is 8.76. The van der Waals surface area contributed by atoms with Crippen LogP contribution in [0.4, 0.5) is 0 Å². The number of esters is 2. The number of carbonyl (C=O) groups excluding carboxylic acids is 5. The molecule has 0 spiro atoms. The number of benzene rings is 1. The molecule has 0 aliphatic carbocycles. The summed E-state index contributed by atoms with van der Waals surface area (Å²) < 4.78 is 13.0. The van der Waals surface area contributed by atoms with E-state index in [9.17, 15) is 24.0 Å². The molecule has 0 saturated carbocycles. The Labute approximate surface area is 361 Å². The van der Waals surface area contributed by atoms with Gasteiger partial charge in [-0.15, -0.1) is 11.3 Å². The van der Waals surface area contributed by atoms with Gasteiger partial charge in [-0.05, 0) is 75.1 Å². The fraction of sp³-hybridized carbons (Fsp3) is 0.652. The van der Waals surface area contributed by atoms with E-state index in [1.807, 2.05) is 46.9 Å². The molecule has 60 heavy (non-hydrogen) atoms.